The van der Waals surface area contributed by atoms with Crippen molar-refractivity contribution in [2.75, 3.05) is 26.2 Å². The van der Waals surface area contributed by atoms with E-state index in [4.69, 9.17) is 18.2 Å². The standard InChI is InChI=1S/C12H16FNO2S.C12H17N.C5H8FN2O2S.C2H3N.CHF3O3S/c13-17(15,16)14-8-6-12(7-9-14)10-11-4-2-1-3-5-11;1-2-4-11(5-3-1)10-12-6-8-13-9-7-12;1-5-7(2)3-4-8(5)11(6,9)10;1-2-3;2-1(3,4)8(5,6)7/h1-5,12H,6-10H2;1-5,12-13H,6-10H2;3-4H,1-2H3;1H3;(H,5,6,7)/q;;+1;;/p-1. The lowest BCUT2D eigenvalue weighted by molar-refractivity contribution is -0.676. The van der Waals surface area contributed by atoms with Crippen LogP contribution in [0.5, 0.6) is 0 Å². The molecule has 3 heterocycles. The van der Waals surface area contributed by atoms with Gasteiger partial charge in [-0.15, -0.1) is 0 Å². The largest absolute Gasteiger partial charge is 0.741 e. The Balaban J connectivity index is 0.000000349. The predicted molar refractivity (Wildman–Crippen MR) is 183 cm³/mol. The van der Waals surface area contributed by atoms with E-state index < -0.39 is 36.4 Å². The van der Waals surface area contributed by atoms with Crippen LogP contribution in [-0.4, -0.2) is 69.8 Å². The van der Waals surface area contributed by atoms with Crippen molar-refractivity contribution in [2.24, 2.45) is 18.9 Å². The van der Waals surface area contributed by atoms with Crippen LogP contribution in [0.2, 0.25) is 0 Å². The highest BCUT2D eigenvalue weighted by Gasteiger charge is 2.37. The van der Waals surface area contributed by atoms with E-state index in [0.717, 1.165) is 35.7 Å². The molecule has 52 heavy (non-hydrogen) atoms. The molecule has 1 aromatic heterocycles. The van der Waals surface area contributed by atoms with Crippen LogP contribution >= 0.6 is 0 Å². The molecule has 0 aliphatic carbocycles. The molecule has 2 saturated heterocycles. The summed E-state index contributed by atoms with van der Waals surface area (Å²) in [6.07, 6.45) is 8.99. The third-order valence-corrected chi connectivity index (χ3v) is 10.3. The number of hydrogen-bond acceptors (Lipinski definition) is 9. The number of imidazole rings is 1. The summed E-state index contributed by atoms with van der Waals surface area (Å²) in [7, 11) is -13.6. The first-order valence-electron chi connectivity index (χ1n) is 15.9. The second kappa shape index (κ2) is 21.9. The molecule has 0 bridgehead atoms. The fourth-order valence-corrected chi connectivity index (χ4v) is 6.37. The highest BCUT2D eigenvalue weighted by atomic mass is 32.3. The van der Waals surface area contributed by atoms with Crippen LogP contribution in [-0.2, 0) is 50.8 Å². The lowest BCUT2D eigenvalue weighted by atomic mass is 9.91. The fourth-order valence-electron chi connectivity index (χ4n) is 5.07. The van der Waals surface area contributed by atoms with Gasteiger partial charge in [0.25, 0.3) is 5.82 Å². The second-order valence-electron chi connectivity index (χ2n) is 11.7. The van der Waals surface area contributed by atoms with Crippen LogP contribution in [0.1, 0.15) is 49.6 Å². The van der Waals surface area contributed by atoms with Crippen molar-refractivity contribution in [3.05, 3.63) is 90.0 Å². The van der Waals surface area contributed by atoms with Crippen molar-refractivity contribution in [1.29, 1.82) is 5.26 Å². The topological polar surface area (TPSA) is 173 Å². The normalized spacial score (nSPS) is 15.8. The van der Waals surface area contributed by atoms with Crippen molar-refractivity contribution in [2.45, 2.75) is 57.9 Å². The number of alkyl halides is 3. The van der Waals surface area contributed by atoms with E-state index in [9.17, 15) is 37.8 Å². The van der Waals surface area contributed by atoms with Crippen molar-refractivity contribution >= 4 is 30.9 Å². The molecule has 20 heteroatoms. The molecule has 2 fully saturated rings. The summed E-state index contributed by atoms with van der Waals surface area (Å²) in [4.78, 5) is 0. The molecule has 12 nitrogen and oxygen atoms in total. The maximum absolute atomic E-state index is 12.7. The summed E-state index contributed by atoms with van der Waals surface area (Å²) < 4.78 is 129. The molecule has 0 amide bonds. The minimum atomic E-state index is -6.09. The van der Waals surface area contributed by atoms with Crippen LogP contribution in [0.4, 0.5) is 20.9 Å². The fraction of sp³-hybridized carbons (Fsp3) is 0.500. The Hall–Kier alpha value is -3.48. The molecule has 2 aromatic carbocycles. The first-order valence-corrected chi connectivity index (χ1v) is 20.0. The number of halogens is 5. The van der Waals surface area contributed by atoms with Gasteiger partial charge in [0.05, 0.1) is 13.1 Å². The Morgan fingerprint density at radius 2 is 1.21 bits per heavy atom. The second-order valence-corrected chi connectivity index (χ2v) is 15.6. The van der Waals surface area contributed by atoms with Gasteiger partial charge in [0, 0.05) is 26.9 Å². The zero-order valence-corrected chi connectivity index (χ0v) is 31.4. The average Bonchev–Trinajstić information content (AvgIpc) is 3.41. The van der Waals surface area contributed by atoms with E-state index in [1.807, 2.05) is 18.2 Å². The lowest BCUT2D eigenvalue weighted by Gasteiger charge is -2.28. The minimum Gasteiger partial charge on any atom is -0.741 e. The smallest absolute Gasteiger partial charge is 0.485 e. The number of aromatic nitrogens is 2. The van der Waals surface area contributed by atoms with Crippen LogP contribution in [0.25, 0.3) is 0 Å². The molecule has 0 unspecified atom stereocenters. The number of hydrogen-bond donors (Lipinski definition) is 1. The van der Waals surface area contributed by atoms with Gasteiger partial charge in [-0.25, -0.2) is 13.0 Å². The Labute approximate surface area is 303 Å². The summed E-state index contributed by atoms with van der Waals surface area (Å²) in [6, 6.07) is 22.7. The Bertz CT molecular complexity index is 1840. The summed E-state index contributed by atoms with van der Waals surface area (Å²) in [5.41, 5.74) is -2.89. The molecule has 0 spiro atoms. The first kappa shape index (κ1) is 46.5. The SMILES string of the molecule is CC#N.Cc1n(S(=O)(=O)F)cc[n+]1C.O=S(=O)(F)N1CCC(Cc2ccccc2)CC1.O=S(=O)([O-])C(F)(F)F.c1ccc(CC2CCNCC2)cc1. The number of nitrogens with zero attached hydrogens (tertiary/aromatic N) is 4. The van der Waals surface area contributed by atoms with Gasteiger partial charge in [-0.05, 0) is 74.6 Å². The first-order chi connectivity index (χ1) is 24.1. The van der Waals surface area contributed by atoms with E-state index >= 15 is 0 Å². The van der Waals surface area contributed by atoms with Crippen LogP contribution in [0, 0.1) is 30.1 Å². The summed E-state index contributed by atoms with van der Waals surface area (Å²) in [6.45, 7) is 5.96. The van der Waals surface area contributed by atoms with E-state index in [1.165, 1.54) is 68.1 Å². The zero-order chi connectivity index (χ0) is 39.6. The van der Waals surface area contributed by atoms with Gasteiger partial charge in [-0.2, -0.15) is 39.6 Å². The third kappa shape index (κ3) is 18.3. The number of aryl methyl sites for hydroxylation is 1. The molecule has 1 N–H and O–H groups in total. The van der Waals surface area contributed by atoms with Crippen LogP contribution in [0.3, 0.4) is 0 Å². The minimum absolute atomic E-state index is 0.302. The highest BCUT2D eigenvalue weighted by Crippen LogP contribution is 2.24. The number of piperidine rings is 2. The van der Waals surface area contributed by atoms with Gasteiger partial charge in [0.2, 0.25) is 0 Å². The van der Waals surface area contributed by atoms with Gasteiger partial charge in [0.15, 0.2) is 10.1 Å². The van der Waals surface area contributed by atoms with Crippen molar-refractivity contribution < 1.29 is 55.3 Å². The summed E-state index contributed by atoms with van der Waals surface area (Å²) in [5, 5.41) is 10.7. The molecule has 3 aromatic rings. The van der Waals surface area contributed by atoms with Crippen molar-refractivity contribution in [1.82, 2.24) is 13.6 Å². The van der Waals surface area contributed by atoms with Gasteiger partial charge in [-0.1, -0.05) is 72.4 Å². The van der Waals surface area contributed by atoms with Crippen molar-refractivity contribution in [3.8, 4) is 6.07 Å². The van der Waals surface area contributed by atoms with Gasteiger partial charge >= 0.3 is 26.3 Å². The molecule has 0 radical (unpaired) electrons. The zero-order valence-electron chi connectivity index (χ0n) is 28.9. The maximum Gasteiger partial charge on any atom is 0.485 e. The Morgan fingerprint density at radius 3 is 1.50 bits per heavy atom. The average molecular weight is 802 g/mol. The van der Waals surface area contributed by atoms with E-state index in [0.29, 0.717) is 28.8 Å². The predicted octanol–water partition coefficient (Wildman–Crippen LogP) is 4.65. The number of rotatable bonds is 6. The molecule has 0 atom stereocenters. The Kier molecular flexibility index (Phi) is 19.6. The van der Waals surface area contributed by atoms with Crippen LogP contribution in [0.15, 0.2) is 73.1 Å². The number of nitrogens with one attached hydrogen (secondary N) is 1. The molecule has 2 aliphatic rings. The molecular formula is C32H44F5N5O7S3. The summed E-state index contributed by atoms with van der Waals surface area (Å²) >= 11 is 0. The third-order valence-electron chi connectivity index (χ3n) is 7.85. The van der Waals surface area contributed by atoms with Gasteiger partial charge in [0.1, 0.15) is 12.4 Å². The van der Waals surface area contributed by atoms with E-state index in [1.54, 1.807) is 13.1 Å². The highest BCUT2D eigenvalue weighted by molar-refractivity contribution is 7.86. The monoisotopic (exact) mass is 801 g/mol. The van der Waals surface area contributed by atoms with E-state index in [2.05, 4.69) is 47.8 Å². The summed E-state index contributed by atoms with van der Waals surface area (Å²) in [5.74, 6) is 1.69. The lowest BCUT2D eigenvalue weighted by Crippen LogP contribution is -2.36. The molecule has 5 rings (SSSR count). The maximum atomic E-state index is 12.7. The van der Waals surface area contributed by atoms with E-state index in [-0.39, 0.29) is 0 Å². The Morgan fingerprint density at radius 1 is 0.827 bits per heavy atom. The molecule has 2 aliphatic heterocycles. The van der Waals surface area contributed by atoms with Crippen LogP contribution < -0.4 is 9.88 Å². The molecule has 0 saturated carbocycles. The molecular weight excluding hydrogens is 758 g/mol. The van der Waals surface area contributed by atoms with Crippen molar-refractivity contribution in [3.63, 3.8) is 0 Å². The molecule has 292 valence electrons. The van der Waals surface area contributed by atoms with Gasteiger partial charge < -0.3 is 9.87 Å². The number of nitriles is 1. The van der Waals surface area contributed by atoms with Gasteiger partial charge in [-0.3, -0.25) is 0 Å². The quantitative estimate of drug-likeness (QED) is 0.122. The number of benzene rings is 2.